The molecule has 1 saturated heterocycles. The highest BCUT2D eigenvalue weighted by Crippen LogP contribution is 2.43. The third-order valence-electron chi connectivity index (χ3n) is 1.73. The molecular weight excluding hydrogens is 231 g/mol. The van der Waals surface area contributed by atoms with Gasteiger partial charge in [-0.05, 0) is 6.08 Å². The van der Waals surface area contributed by atoms with Gasteiger partial charge in [-0.15, -0.1) is 0 Å². The molecule has 2 aliphatic rings. The van der Waals surface area contributed by atoms with E-state index in [9.17, 15) is 9.59 Å². The molecule has 0 aliphatic carbocycles. The van der Waals surface area contributed by atoms with Crippen molar-refractivity contribution in [3.05, 3.63) is 22.9 Å². The fraction of sp³-hybridized carbons (Fsp3) is 0.250. The van der Waals surface area contributed by atoms with Crippen molar-refractivity contribution in [3.63, 3.8) is 0 Å². The minimum absolute atomic E-state index is 0.00915. The maximum atomic E-state index is 10.7. The zero-order chi connectivity index (χ0) is 10.3. The van der Waals surface area contributed by atoms with Crippen LogP contribution < -0.4 is 0 Å². The van der Waals surface area contributed by atoms with Crippen LogP contribution in [-0.4, -0.2) is 17.0 Å². The first-order chi connectivity index (χ1) is 6.52. The second kappa shape index (κ2) is 3.00. The minimum atomic E-state index is -1.56. The summed E-state index contributed by atoms with van der Waals surface area (Å²) in [5, 5.41) is -1.57. The highest BCUT2D eigenvalue weighted by molar-refractivity contribution is 6.49. The van der Waals surface area contributed by atoms with Crippen LogP contribution in [0.3, 0.4) is 0 Å². The number of alkyl halides is 1. The maximum Gasteiger partial charge on any atom is 0.375 e. The second-order valence-electron chi connectivity index (χ2n) is 2.76. The molecule has 2 rings (SSSR count). The molecule has 2 heterocycles. The standard InChI is InChI=1S/C8H4Cl2O4/c9-5(8(10)7(12)14-8)3-4-1-2-6(11)13-4/h1,3H,2H2. The third-order valence-corrected chi connectivity index (χ3v) is 2.64. The Morgan fingerprint density at radius 1 is 1.57 bits per heavy atom. The molecule has 0 spiro atoms. The van der Waals surface area contributed by atoms with E-state index in [4.69, 9.17) is 27.9 Å². The van der Waals surface area contributed by atoms with Gasteiger partial charge < -0.3 is 9.47 Å². The summed E-state index contributed by atoms with van der Waals surface area (Å²) in [5.41, 5.74) is 0. The van der Waals surface area contributed by atoms with Gasteiger partial charge in [-0.2, -0.15) is 0 Å². The Bertz CT molecular complexity index is 385. The number of hydrogen-bond donors (Lipinski definition) is 0. The number of halogens is 2. The van der Waals surface area contributed by atoms with Crippen molar-refractivity contribution in [3.8, 4) is 0 Å². The molecule has 0 aromatic rings. The van der Waals surface area contributed by atoms with Gasteiger partial charge in [0.2, 0.25) is 0 Å². The SMILES string of the molecule is O=C1CC=C(C=C(Cl)C2(Cl)OC2=O)O1. The Kier molecular flexibility index (Phi) is 2.05. The normalized spacial score (nSPS) is 31.0. The van der Waals surface area contributed by atoms with Crippen molar-refractivity contribution >= 4 is 35.1 Å². The van der Waals surface area contributed by atoms with Crippen molar-refractivity contribution in [2.75, 3.05) is 0 Å². The molecule has 2 aliphatic heterocycles. The van der Waals surface area contributed by atoms with Gasteiger partial charge in [-0.3, -0.25) is 4.79 Å². The van der Waals surface area contributed by atoms with Gasteiger partial charge in [-0.1, -0.05) is 23.2 Å². The van der Waals surface area contributed by atoms with Crippen LogP contribution in [0.15, 0.2) is 22.9 Å². The van der Waals surface area contributed by atoms with Gasteiger partial charge in [0.25, 0.3) is 0 Å². The molecule has 0 aromatic heterocycles. The molecule has 0 amide bonds. The number of rotatable bonds is 2. The Morgan fingerprint density at radius 2 is 2.21 bits per heavy atom. The lowest BCUT2D eigenvalue weighted by Gasteiger charge is -1.98. The predicted octanol–water partition coefficient (Wildman–Crippen LogP) is 1.43. The zero-order valence-electron chi connectivity index (χ0n) is 6.75. The Balaban J connectivity index is 2.12. The van der Waals surface area contributed by atoms with E-state index in [1.165, 1.54) is 12.2 Å². The van der Waals surface area contributed by atoms with Gasteiger partial charge in [-0.25, -0.2) is 4.79 Å². The fourth-order valence-electron chi connectivity index (χ4n) is 0.953. The molecule has 4 nitrogen and oxygen atoms in total. The van der Waals surface area contributed by atoms with Crippen LogP contribution in [0, 0.1) is 0 Å². The molecule has 1 unspecified atom stereocenters. The lowest BCUT2D eigenvalue weighted by Crippen LogP contribution is -2.03. The van der Waals surface area contributed by atoms with Crippen molar-refractivity contribution in [1.82, 2.24) is 0 Å². The Hall–Kier alpha value is -1.00. The van der Waals surface area contributed by atoms with Crippen molar-refractivity contribution in [1.29, 1.82) is 0 Å². The van der Waals surface area contributed by atoms with Crippen LogP contribution in [0.4, 0.5) is 0 Å². The molecule has 1 fully saturated rings. The summed E-state index contributed by atoms with van der Waals surface area (Å²) < 4.78 is 9.19. The molecule has 1 atom stereocenters. The van der Waals surface area contributed by atoms with E-state index in [1.807, 2.05) is 0 Å². The molecule has 0 N–H and O–H groups in total. The first kappa shape index (κ1) is 9.55. The van der Waals surface area contributed by atoms with Crippen LogP contribution in [0.2, 0.25) is 0 Å². The molecule has 74 valence electrons. The molecule has 0 radical (unpaired) electrons. The van der Waals surface area contributed by atoms with E-state index in [0.29, 0.717) is 0 Å². The van der Waals surface area contributed by atoms with E-state index in [0.717, 1.165) is 0 Å². The summed E-state index contributed by atoms with van der Waals surface area (Å²) >= 11 is 11.3. The summed E-state index contributed by atoms with van der Waals surface area (Å²) in [6.07, 6.45) is 3.03. The second-order valence-corrected chi connectivity index (χ2v) is 3.70. The number of allylic oxidation sites excluding steroid dienone is 1. The molecular formula is C8H4Cl2O4. The topological polar surface area (TPSA) is 55.9 Å². The molecule has 14 heavy (non-hydrogen) atoms. The average Bonchev–Trinajstić information content (AvgIpc) is 2.56. The van der Waals surface area contributed by atoms with Gasteiger partial charge in [0.15, 0.2) is 0 Å². The zero-order valence-corrected chi connectivity index (χ0v) is 8.26. The summed E-state index contributed by atoms with van der Waals surface area (Å²) in [6, 6.07) is 0. The smallest absolute Gasteiger partial charge is 0.375 e. The number of carbonyl (C=O) groups excluding carboxylic acids is 2. The van der Waals surface area contributed by atoms with Crippen LogP contribution in [-0.2, 0) is 19.1 Å². The minimum Gasteiger partial charge on any atom is -0.427 e. The van der Waals surface area contributed by atoms with Crippen LogP contribution in [0.1, 0.15) is 6.42 Å². The van der Waals surface area contributed by atoms with E-state index in [-0.39, 0.29) is 23.2 Å². The van der Waals surface area contributed by atoms with Gasteiger partial charge >= 0.3 is 17.0 Å². The highest BCUT2D eigenvalue weighted by atomic mass is 35.5. The highest BCUT2D eigenvalue weighted by Gasteiger charge is 2.60. The number of carbonyl (C=O) groups is 2. The lowest BCUT2D eigenvalue weighted by molar-refractivity contribution is -0.136. The average molecular weight is 235 g/mol. The Labute approximate surface area is 89.1 Å². The monoisotopic (exact) mass is 234 g/mol. The van der Waals surface area contributed by atoms with Crippen molar-refractivity contribution in [2.45, 2.75) is 11.5 Å². The largest absolute Gasteiger partial charge is 0.427 e. The summed E-state index contributed by atoms with van der Waals surface area (Å²) in [4.78, 5) is 21.4. The quantitative estimate of drug-likeness (QED) is 0.412. The molecule has 0 aromatic carbocycles. The van der Waals surface area contributed by atoms with Crippen LogP contribution in [0.25, 0.3) is 0 Å². The Morgan fingerprint density at radius 3 is 2.64 bits per heavy atom. The van der Waals surface area contributed by atoms with E-state index < -0.39 is 11.0 Å². The van der Waals surface area contributed by atoms with Gasteiger partial charge in [0.05, 0.1) is 11.5 Å². The van der Waals surface area contributed by atoms with Crippen LogP contribution >= 0.6 is 23.2 Å². The number of esters is 1. The van der Waals surface area contributed by atoms with E-state index in [2.05, 4.69) is 4.74 Å². The predicted molar refractivity (Wildman–Crippen MR) is 47.4 cm³/mol. The first-order valence-corrected chi connectivity index (χ1v) is 4.49. The first-order valence-electron chi connectivity index (χ1n) is 3.73. The number of hydrogen-bond acceptors (Lipinski definition) is 4. The molecule has 6 heteroatoms. The molecule has 0 saturated carbocycles. The molecule has 0 bridgehead atoms. The van der Waals surface area contributed by atoms with Crippen LogP contribution in [0.5, 0.6) is 0 Å². The fourth-order valence-corrected chi connectivity index (χ4v) is 1.30. The number of ether oxygens (including phenoxy) is 2. The number of cyclic esters (lactones) is 2. The van der Waals surface area contributed by atoms with Gasteiger partial charge in [0.1, 0.15) is 5.76 Å². The summed E-state index contributed by atoms with van der Waals surface area (Å²) in [5.74, 6) is -0.693. The van der Waals surface area contributed by atoms with E-state index >= 15 is 0 Å². The van der Waals surface area contributed by atoms with Crippen molar-refractivity contribution in [2.24, 2.45) is 0 Å². The maximum absolute atomic E-state index is 10.7. The van der Waals surface area contributed by atoms with E-state index in [1.54, 1.807) is 0 Å². The summed E-state index contributed by atoms with van der Waals surface area (Å²) in [7, 11) is 0. The lowest BCUT2D eigenvalue weighted by atomic mass is 10.3. The van der Waals surface area contributed by atoms with Crippen molar-refractivity contribution < 1.29 is 19.1 Å². The third kappa shape index (κ3) is 1.51. The summed E-state index contributed by atoms with van der Waals surface area (Å²) in [6.45, 7) is 0. The number of epoxide rings is 1. The van der Waals surface area contributed by atoms with Gasteiger partial charge in [0, 0.05) is 6.08 Å².